The zero-order chi connectivity index (χ0) is 18.5. The van der Waals surface area contributed by atoms with Crippen molar-refractivity contribution in [2.24, 2.45) is 0 Å². The highest BCUT2D eigenvalue weighted by atomic mass is 32.2. The highest BCUT2D eigenvalue weighted by molar-refractivity contribution is 7.91. The van der Waals surface area contributed by atoms with Crippen LogP contribution in [0.5, 0.6) is 0 Å². The summed E-state index contributed by atoms with van der Waals surface area (Å²) in [5, 5.41) is 14.6. The minimum Gasteiger partial charge on any atom is -0.386 e. The maximum atomic E-state index is 12.2. The zero-order valence-corrected chi connectivity index (χ0v) is 15.8. The molecule has 0 aliphatic carbocycles. The van der Waals surface area contributed by atoms with Crippen LogP contribution in [0, 0.1) is 11.8 Å². The molecule has 0 aromatic carbocycles. The monoisotopic (exact) mass is 380 g/mol. The second-order valence-electron chi connectivity index (χ2n) is 5.73. The molecule has 0 spiro atoms. The van der Waals surface area contributed by atoms with Crippen molar-refractivity contribution in [3.63, 3.8) is 0 Å². The van der Waals surface area contributed by atoms with Crippen LogP contribution in [0.15, 0.2) is 34.1 Å². The van der Waals surface area contributed by atoms with Crippen LogP contribution in [0.25, 0.3) is 0 Å². The maximum Gasteiger partial charge on any atom is 0.250 e. The van der Waals surface area contributed by atoms with Gasteiger partial charge < -0.3 is 10.4 Å². The summed E-state index contributed by atoms with van der Waals surface area (Å²) in [6.45, 7) is 5.02. The first-order chi connectivity index (χ1) is 11.7. The number of thiophene rings is 1. The molecule has 0 fully saturated rings. The van der Waals surface area contributed by atoms with E-state index in [4.69, 9.17) is 0 Å². The van der Waals surface area contributed by atoms with Crippen molar-refractivity contribution in [3.8, 4) is 11.8 Å². The smallest absolute Gasteiger partial charge is 0.250 e. The standard InChI is InChI=1S/C16H20N4O3S2/c1-4-6-13(11-19-25(22,23)14-7-5-8-24-14)20-15-17-9-12(10-18-15)16(2,3)21/h5,7-10,13,19,21H,11H2,1-3H3,(H,17,18,20)/t13-/m0/s1. The number of rotatable bonds is 7. The Hall–Kier alpha value is -1.99. The molecule has 25 heavy (non-hydrogen) atoms. The summed E-state index contributed by atoms with van der Waals surface area (Å²) in [5.41, 5.74) is -0.452. The molecule has 1 atom stereocenters. The Morgan fingerprint density at radius 2 is 2.04 bits per heavy atom. The van der Waals surface area contributed by atoms with Crippen LogP contribution in [0.3, 0.4) is 0 Å². The van der Waals surface area contributed by atoms with Crippen molar-refractivity contribution in [1.29, 1.82) is 0 Å². The summed E-state index contributed by atoms with van der Waals surface area (Å²) >= 11 is 1.15. The second-order valence-corrected chi connectivity index (χ2v) is 8.67. The van der Waals surface area contributed by atoms with Gasteiger partial charge in [0.1, 0.15) is 10.3 Å². The van der Waals surface area contributed by atoms with E-state index in [0.29, 0.717) is 11.5 Å². The van der Waals surface area contributed by atoms with Crippen LogP contribution in [0.1, 0.15) is 26.3 Å². The summed E-state index contributed by atoms with van der Waals surface area (Å²) in [6.07, 6.45) is 3.03. The third kappa shape index (κ3) is 5.51. The van der Waals surface area contributed by atoms with Crippen molar-refractivity contribution < 1.29 is 13.5 Å². The van der Waals surface area contributed by atoms with E-state index in [0.717, 1.165) is 11.3 Å². The molecule has 0 aliphatic heterocycles. The molecule has 0 amide bonds. The lowest BCUT2D eigenvalue weighted by atomic mass is 10.0. The number of nitrogens with one attached hydrogen (secondary N) is 2. The summed E-state index contributed by atoms with van der Waals surface area (Å²) in [4.78, 5) is 8.27. The molecule has 9 heteroatoms. The largest absolute Gasteiger partial charge is 0.386 e. The number of aliphatic hydroxyl groups is 1. The van der Waals surface area contributed by atoms with Gasteiger partial charge in [-0.15, -0.1) is 17.3 Å². The van der Waals surface area contributed by atoms with Crippen molar-refractivity contribution in [1.82, 2.24) is 14.7 Å². The molecule has 2 heterocycles. The first-order valence-corrected chi connectivity index (χ1v) is 9.85. The van der Waals surface area contributed by atoms with Crippen LogP contribution in [0.4, 0.5) is 5.95 Å². The third-order valence-corrected chi connectivity index (χ3v) is 6.04. The molecular formula is C16H20N4O3S2. The van der Waals surface area contributed by atoms with Gasteiger partial charge in [0.2, 0.25) is 16.0 Å². The van der Waals surface area contributed by atoms with Gasteiger partial charge in [-0.2, -0.15) is 0 Å². The number of aromatic nitrogens is 2. The Morgan fingerprint density at radius 1 is 1.36 bits per heavy atom. The molecule has 2 aromatic rings. The molecule has 3 N–H and O–H groups in total. The van der Waals surface area contributed by atoms with Crippen LogP contribution in [0.2, 0.25) is 0 Å². The van der Waals surface area contributed by atoms with E-state index < -0.39 is 21.7 Å². The van der Waals surface area contributed by atoms with Crippen molar-refractivity contribution in [2.75, 3.05) is 11.9 Å². The Labute approximate surface area is 151 Å². The molecule has 2 aromatic heterocycles. The van der Waals surface area contributed by atoms with Gasteiger partial charge in [0.05, 0.1) is 5.60 Å². The predicted molar refractivity (Wildman–Crippen MR) is 97.6 cm³/mol. The van der Waals surface area contributed by atoms with Crippen LogP contribution >= 0.6 is 11.3 Å². The Morgan fingerprint density at radius 3 is 2.56 bits per heavy atom. The van der Waals surface area contributed by atoms with E-state index in [1.165, 1.54) is 12.4 Å². The molecule has 0 saturated heterocycles. The highest BCUT2D eigenvalue weighted by Gasteiger charge is 2.19. The Kier molecular flexibility index (Phi) is 6.13. The number of hydrogen-bond donors (Lipinski definition) is 3. The zero-order valence-electron chi connectivity index (χ0n) is 14.1. The van der Waals surface area contributed by atoms with E-state index in [9.17, 15) is 13.5 Å². The van der Waals surface area contributed by atoms with Crippen LogP contribution < -0.4 is 10.0 Å². The lowest BCUT2D eigenvalue weighted by Gasteiger charge is -2.18. The average molecular weight is 380 g/mol. The topological polar surface area (TPSA) is 104 Å². The molecule has 2 rings (SSSR count). The molecule has 0 saturated carbocycles. The van der Waals surface area contributed by atoms with Gasteiger partial charge in [-0.3, -0.25) is 0 Å². The van der Waals surface area contributed by atoms with Gasteiger partial charge >= 0.3 is 0 Å². The van der Waals surface area contributed by atoms with Gasteiger partial charge in [-0.05, 0) is 32.2 Å². The van der Waals surface area contributed by atoms with E-state index in [1.54, 1.807) is 38.3 Å². The summed E-state index contributed by atoms with van der Waals surface area (Å²) in [5.74, 6) is 5.94. The minimum atomic E-state index is -3.56. The van der Waals surface area contributed by atoms with Crippen molar-refractivity contribution in [3.05, 3.63) is 35.5 Å². The molecular weight excluding hydrogens is 360 g/mol. The first kappa shape index (κ1) is 19.3. The fourth-order valence-corrected chi connectivity index (χ4v) is 3.95. The summed E-state index contributed by atoms with van der Waals surface area (Å²) in [6, 6.07) is 2.73. The molecule has 0 aliphatic rings. The summed E-state index contributed by atoms with van der Waals surface area (Å²) in [7, 11) is -3.56. The van der Waals surface area contributed by atoms with E-state index >= 15 is 0 Å². The highest BCUT2D eigenvalue weighted by Crippen LogP contribution is 2.18. The summed E-state index contributed by atoms with van der Waals surface area (Å²) < 4.78 is 27.1. The van der Waals surface area contributed by atoms with Crippen LogP contribution in [-0.2, 0) is 15.6 Å². The molecule has 134 valence electrons. The van der Waals surface area contributed by atoms with Gasteiger partial charge in [0.25, 0.3) is 0 Å². The quantitative estimate of drug-likeness (QED) is 0.630. The van der Waals surface area contributed by atoms with Crippen molar-refractivity contribution >= 4 is 27.3 Å². The first-order valence-electron chi connectivity index (χ1n) is 7.49. The number of hydrogen-bond acceptors (Lipinski definition) is 7. The average Bonchev–Trinajstić information content (AvgIpc) is 3.08. The predicted octanol–water partition coefficient (Wildman–Crippen LogP) is 1.55. The van der Waals surface area contributed by atoms with E-state index in [-0.39, 0.29) is 10.8 Å². The Bertz CT molecular complexity index is 846. The SMILES string of the molecule is CC#C[C@@H](CNS(=O)(=O)c1cccs1)Nc1ncc(C(C)(C)O)cn1. The second kappa shape index (κ2) is 7.93. The van der Waals surface area contributed by atoms with Gasteiger partial charge in [-0.25, -0.2) is 23.1 Å². The molecule has 7 nitrogen and oxygen atoms in total. The lowest BCUT2D eigenvalue weighted by molar-refractivity contribution is 0.0778. The number of sulfonamides is 1. The van der Waals surface area contributed by atoms with E-state index in [2.05, 4.69) is 31.8 Å². The fraction of sp³-hybridized carbons (Fsp3) is 0.375. The lowest BCUT2D eigenvalue weighted by Crippen LogP contribution is -2.36. The van der Waals surface area contributed by atoms with E-state index in [1.807, 2.05) is 0 Å². The number of anilines is 1. The Balaban J connectivity index is 2.05. The molecule has 0 unspecified atom stereocenters. The molecule has 0 bridgehead atoms. The van der Waals surface area contributed by atoms with Gasteiger partial charge in [-0.1, -0.05) is 12.0 Å². The molecule has 0 radical (unpaired) electrons. The minimum absolute atomic E-state index is 0.0671. The maximum absolute atomic E-state index is 12.2. The van der Waals surface area contributed by atoms with Gasteiger partial charge in [0.15, 0.2) is 0 Å². The third-order valence-electron chi connectivity index (χ3n) is 3.22. The fourth-order valence-electron chi connectivity index (χ4n) is 1.87. The number of nitrogens with zero attached hydrogens (tertiary/aromatic N) is 2. The van der Waals surface area contributed by atoms with Gasteiger partial charge in [0, 0.05) is 24.5 Å². The van der Waals surface area contributed by atoms with Crippen molar-refractivity contribution in [2.45, 2.75) is 36.6 Å². The van der Waals surface area contributed by atoms with Crippen LogP contribution in [-0.4, -0.2) is 36.1 Å². The normalized spacial score (nSPS) is 13.0.